The molecule has 2 rings (SSSR count). The predicted octanol–water partition coefficient (Wildman–Crippen LogP) is 5.37. The van der Waals surface area contributed by atoms with Gasteiger partial charge in [-0.05, 0) is 24.3 Å². The molecule has 0 bridgehead atoms. The first-order valence-electron chi connectivity index (χ1n) is 6.29. The Morgan fingerprint density at radius 2 is 1.79 bits per heavy atom. The summed E-state index contributed by atoms with van der Waals surface area (Å²) in [4.78, 5) is 10.0. The van der Waals surface area contributed by atoms with Crippen molar-refractivity contribution in [1.82, 2.24) is 0 Å². The molecule has 0 aliphatic carbocycles. The summed E-state index contributed by atoms with van der Waals surface area (Å²) in [5, 5.41) is 15.3. The number of anilines is 1. The Kier molecular flexibility index (Phi) is 5.30. The molecule has 0 saturated carbocycles. The summed E-state index contributed by atoms with van der Waals surface area (Å²) in [7, 11) is 0. The van der Waals surface area contributed by atoms with E-state index in [0.717, 1.165) is 6.07 Å². The second-order valence-electron chi connectivity index (χ2n) is 4.49. The fourth-order valence-corrected chi connectivity index (χ4v) is 2.25. The molecule has 2 aromatic rings. The van der Waals surface area contributed by atoms with E-state index in [1.807, 2.05) is 0 Å². The number of nitro benzene ring substituents is 1. The van der Waals surface area contributed by atoms with E-state index in [4.69, 9.17) is 23.2 Å². The molecule has 0 atom stereocenters. The van der Waals surface area contributed by atoms with E-state index in [2.05, 4.69) is 10.5 Å². The smallest absolute Gasteiger partial charge is 0.272 e. The number of hydrazone groups is 1. The maximum absolute atomic E-state index is 12.6. The molecule has 1 N–H and O–H groups in total. The van der Waals surface area contributed by atoms with Crippen molar-refractivity contribution >= 4 is 40.8 Å². The third-order valence-corrected chi connectivity index (χ3v) is 3.56. The first-order chi connectivity index (χ1) is 11.2. The summed E-state index contributed by atoms with van der Waals surface area (Å²) in [5.41, 5.74) is 0.598. The van der Waals surface area contributed by atoms with Crippen molar-refractivity contribution in [2.75, 3.05) is 5.43 Å². The van der Waals surface area contributed by atoms with Crippen LogP contribution < -0.4 is 5.43 Å². The Hall–Kier alpha value is -2.32. The van der Waals surface area contributed by atoms with Crippen molar-refractivity contribution in [3.8, 4) is 0 Å². The van der Waals surface area contributed by atoms with Gasteiger partial charge in [0, 0.05) is 11.6 Å². The van der Waals surface area contributed by atoms with E-state index in [1.54, 1.807) is 18.2 Å². The van der Waals surface area contributed by atoms with Gasteiger partial charge in [-0.1, -0.05) is 29.3 Å². The van der Waals surface area contributed by atoms with Crippen molar-refractivity contribution in [1.29, 1.82) is 0 Å². The molecule has 5 nitrogen and oxygen atoms in total. The molecular weight excluding hydrogens is 370 g/mol. The highest BCUT2D eigenvalue weighted by atomic mass is 35.5. The highest BCUT2D eigenvalue weighted by molar-refractivity contribution is 6.38. The van der Waals surface area contributed by atoms with Crippen molar-refractivity contribution in [2.24, 2.45) is 5.10 Å². The van der Waals surface area contributed by atoms with Crippen LogP contribution in [0, 0.1) is 10.1 Å². The van der Waals surface area contributed by atoms with Crippen LogP contribution in [0.2, 0.25) is 10.0 Å². The molecule has 0 heterocycles. The molecule has 0 aromatic heterocycles. The third-order valence-electron chi connectivity index (χ3n) is 2.90. The van der Waals surface area contributed by atoms with E-state index < -0.39 is 22.4 Å². The molecule has 10 heteroatoms. The highest BCUT2D eigenvalue weighted by Gasteiger charge is 2.33. The molecule has 0 aliphatic rings. The second kappa shape index (κ2) is 7.06. The van der Waals surface area contributed by atoms with Gasteiger partial charge in [0.2, 0.25) is 0 Å². The molecule has 126 valence electrons. The molecule has 0 radical (unpaired) electrons. The lowest BCUT2D eigenvalue weighted by Crippen LogP contribution is -2.06. The van der Waals surface area contributed by atoms with Crippen LogP contribution in [0.5, 0.6) is 0 Å². The summed E-state index contributed by atoms with van der Waals surface area (Å²) in [6.07, 6.45) is -3.47. The molecule has 0 spiro atoms. The number of benzene rings is 2. The van der Waals surface area contributed by atoms with Gasteiger partial charge in [0.05, 0.1) is 26.7 Å². The zero-order valence-corrected chi connectivity index (χ0v) is 13.2. The van der Waals surface area contributed by atoms with Gasteiger partial charge in [0.25, 0.3) is 5.69 Å². The zero-order valence-electron chi connectivity index (χ0n) is 11.6. The molecule has 0 fully saturated rings. The van der Waals surface area contributed by atoms with Crippen LogP contribution in [0.4, 0.5) is 24.5 Å². The van der Waals surface area contributed by atoms with Crippen LogP contribution in [-0.4, -0.2) is 11.1 Å². The number of nitro groups is 1. The normalized spacial score (nSPS) is 11.7. The van der Waals surface area contributed by atoms with Gasteiger partial charge < -0.3 is 0 Å². The van der Waals surface area contributed by atoms with E-state index in [9.17, 15) is 23.3 Å². The van der Waals surface area contributed by atoms with Crippen molar-refractivity contribution in [2.45, 2.75) is 6.18 Å². The Morgan fingerprint density at radius 1 is 1.17 bits per heavy atom. The maximum atomic E-state index is 12.6. The van der Waals surface area contributed by atoms with Crippen molar-refractivity contribution < 1.29 is 18.1 Å². The average molecular weight is 378 g/mol. The van der Waals surface area contributed by atoms with Gasteiger partial charge >= 0.3 is 6.18 Å². The number of halogens is 5. The summed E-state index contributed by atoms with van der Waals surface area (Å²) >= 11 is 11.9. The van der Waals surface area contributed by atoms with E-state index in [1.165, 1.54) is 6.21 Å². The fourth-order valence-electron chi connectivity index (χ4n) is 1.75. The largest absolute Gasteiger partial charge is 0.416 e. The van der Waals surface area contributed by atoms with Crippen molar-refractivity contribution in [3.05, 3.63) is 67.7 Å². The quantitative estimate of drug-likeness (QED) is 0.442. The molecule has 24 heavy (non-hydrogen) atoms. The molecular formula is C14H8Cl2F3N3O2. The van der Waals surface area contributed by atoms with E-state index in [0.29, 0.717) is 27.7 Å². The van der Waals surface area contributed by atoms with Crippen LogP contribution in [0.3, 0.4) is 0 Å². The first kappa shape index (κ1) is 18.0. The summed E-state index contributed by atoms with van der Waals surface area (Å²) in [6, 6.07) is 6.82. The molecule has 2 aromatic carbocycles. The highest BCUT2D eigenvalue weighted by Crippen LogP contribution is 2.35. The Morgan fingerprint density at radius 3 is 2.33 bits per heavy atom. The van der Waals surface area contributed by atoms with Crippen LogP contribution in [0.25, 0.3) is 0 Å². The lowest BCUT2D eigenvalue weighted by Gasteiger charge is -2.08. The molecule has 0 amide bonds. The number of alkyl halides is 3. The summed E-state index contributed by atoms with van der Waals surface area (Å²) < 4.78 is 37.9. The van der Waals surface area contributed by atoms with Crippen LogP contribution in [0.15, 0.2) is 41.5 Å². The fraction of sp³-hybridized carbons (Fsp3) is 0.0714. The van der Waals surface area contributed by atoms with Crippen LogP contribution >= 0.6 is 23.2 Å². The lowest BCUT2D eigenvalue weighted by atomic mass is 10.1. The standard InChI is InChI=1S/C14H8Cl2F3N3O2/c15-10-2-1-3-11(16)9(10)7-20-21-12-5-4-8(14(17,18)19)6-13(12)22(23)24/h1-7,21H. The minimum absolute atomic E-state index is 0.201. The second-order valence-corrected chi connectivity index (χ2v) is 5.31. The monoisotopic (exact) mass is 377 g/mol. The zero-order chi connectivity index (χ0) is 17.9. The number of nitrogens with one attached hydrogen (secondary N) is 1. The number of hydrogen-bond donors (Lipinski definition) is 1. The van der Waals surface area contributed by atoms with Gasteiger partial charge in [-0.15, -0.1) is 0 Å². The number of rotatable bonds is 4. The molecule has 0 unspecified atom stereocenters. The number of nitrogens with zero attached hydrogens (tertiary/aromatic N) is 2. The predicted molar refractivity (Wildman–Crippen MR) is 85.8 cm³/mol. The Balaban J connectivity index is 2.30. The SMILES string of the molecule is O=[N+]([O-])c1cc(C(F)(F)F)ccc1NN=Cc1c(Cl)cccc1Cl. The number of hydrogen-bond acceptors (Lipinski definition) is 4. The molecule has 0 saturated heterocycles. The minimum Gasteiger partial charge on any atom is -0.272 e. The summed E-state index contributed by atoms with van der Waals surface area (Å²) in [5.74, 6) is 0. The Bertz CT molecular complexity index is 790. The minimum atomic E-state index is -4.68. The van der Waals surface area contributed by atoms with Gasteiger partial charge in [0.15, 0.2) is 0 Å². The first-order valence-corrected chi connectivity index (χ1v) is 7.04. The third kappa shape index (κ3) is 4.15. The van der Waals surface area contributed by atoms with Crippen molar-refractivity contribution in [3.63, 3.8) is 0 Å². The lowest BCUT2D eigenvalue weighted by molar-refractivity contribution is -0.384. The van der Waals surface area contributed by atoms with Crippen LogP contribution in [-0.2, 0) is 6.18 Å². The molecule has 0 aliphatic heterocycles. The van der Waals surface area contributed by atoms with Gasteiger partial charge in [-0.25, -0.2) is 0 Å². The topological polar surface area (TPSA) is 67.5 Å². The van der Waals surface area contributed by atoms with E-state index >= 15 is 0 Å². The maximum Gasteiger partial charge on any atom is 0.416 e. The van der Waals surface area contributed by atoms with Crippen LogP contribution in [0.1, 0.15) is 11.1 Å². The van der Waals surface area contributed by atoms with Gasteiger partial charge in [-0.2, -0.15) is 18.3 Å². The Labute approximate surface area is 143 Å². The van der Waals surface area contributed by atoms with Gasteiger partial charge in [0.1, 0.15) is 5.69 Å². The summed E-state index contributed by atoms with van der Waals surface area (Å²) in [6.45, 7) is 0. The average Bonchev–Trinajstić information content (AvgIpc) is 2.49. The van der Waals surface area contributed by atoms with E-state index in [-0.39, 0.29) is 5.69 Å². The van der Waals surface area contributed by atoms with Gasteiger partial charge in [-0.3, -0.25) is 15.5 Å².